The standard InChI is InChI=1S/C17H16N2O3S/c18-13-6-8-14(9-7-13)23(21,22)19-11-16-15-4-2-1-3-12(15)5-10-17(16)20/h1-10,19-20H,11,18H2. The van der Waals surface area contributed by atoms with E-state index in [-0.39, 0.29) is 17.2 Å². The molecule has 0 bridgehead atoms. The van der Waals surface area contributed by atoms with Crippen molar-refractivity contribution in [1.82, 2.24) is 4.72 Å². The fourth-order valence-corrected chi connectivity index (χ4v) is 3.40. The van der Waals surface area contributed by atoms with Crippen molar-refractivity contribution in [3.05, 3.63) is 66.2 Å². The van der Waals surface area contributed by atoms with Gasteiger partial charge in [0.2, 0.25) is 10.0 Å². The molecule has 3 aromatic carbocycles. The number of aromatic hydroxyl groups is 1. The number of sulfonamides is 1. The Balaban J connectivity index is 1.91. The molecule has 0 aromatic heterocycles. The summed E-state index contributed by atoms with van der Waals surface area (Å²) in [4.78, 5) is 0.131. The normalized spacial score (nSPS) is 11.7. The lowest BCUT2D eigenvalue weighted by Gasteiger charge is -2.11. The molecule has 4 N–H and O–H groups in total. The third-order valence-corrected chi connectivity index (χ3v) is 5.06. The summed E-state index contributed by atoms with van der Waals surface area (Å²) in [5.41, 5.74) is 6.61. The van der Waals surface area contributed by atoms with E-state index in [0.717, 1.165) is 10.8 Å². The summed E-state index contributed by atoms with van der Waals surface area (Å²) in [5, 5.41) is 11.8. The first kappa shape index (κ1) is 15.3. The molecule has 0 spiro atoms. The third-order valence-electron chi connectivity index (χ3n) is 3.65. The summed E-state index contributed by atoms with van der Waals surface area (Å²) in [6.07, 6.45) is 0. The SMILES string of the molecule is Nc1ccc(S(=O)(=O)NCc2c(O)ccc3ccccc23)cc1. The minimum atomic E-state index is -3.68. The van der Waals surface area contributed by atoms with E-state index < -0.39 is 10.0 Å². The molecule has 0 radical (unpaired) electrons. The Labute approximate surface area is 134 Å². The molecule has 23 heavy (non-hydrogen) atoms. The summed E-state index contributed by atoms with van der Waals surface area (Å²) in [6.45, 7) is -0.000103. The molecular weight excluding hydrogens is 312 g/mol. The van der Waals surface area contributed by atoms with Crippen LogP contribution >= 0.6 is 0 Å². The first-order chi connectivity index (χ1) is 11.0. The predicted molar refractivity (Wildman–Crippen MR) is 90.5 cm³/mol. The van der Waals surface area contributed by atoms with Gasteiger partial charge in [0, 0.05) is 17.8 Å². The van der Waals surface area contributed by atoms with Gasteiger partial charge in [0.25, 0.3) is 0 Å². The van der Waals surface area contributed by atoms with Crippen LogP contribution < -0.4 is 10.5 Å². The second-order valence-corrected chi connectivity index (χ2v) is 6.94. The summed E-state index contributed by atoms with van der Waals surface area (Å²) >= 11 is 0. The van der Waals surface area contributed by atoms with Gasteiger partial charge in [-0.15, -0.1) is 0 Å². The summed E-state index contributed by atoms with van der Waals surface area (Å²) in [7, 11) is -3.68. The molecule has 0 atom stereocenters. The number of nitrogens with one attached hydrogen (secondary N) is 1. The zero-order valence-electron chi connectivity index (χ0n) is 12.2. The van der Waals surface area contributed by atoms with Gasteiger partial charge in [0.15, 0.2) is 0 Å². The summed E-state index contributed by atoms with van der Waals surface area (Å²) in [5.74, 6) is 0.0590. The van der Waals surface area contributed by atoms with E-state index in [1.165, 1.54) is 24.3 Å². The maximum absolute atomic E-state index is 12.3. The van der Waals surface area contributed by atoms with Crippen LogP contribution in [-0.4, -0.2) is 13.5 Å². The van der Waals surface area contributed by atoms with Gasteiger partial charge < -0.3 is 10.8 Å². The molecule has 118 valence electrons. The van der Waals surface area contributed by atoms with E-state index >= 15 is 0 Å². The van der Waals surface area contributed by atoms with E-state index in [0.29, 0.717) is 11.3 Å². The first-order valence-electron chi connectivity index (χ1n) is 7.02. The number of fused-ring (bicyclic) bond motifs is 1. The molecule has 3 aromatic rings. The van der Waals surface area contributed by atoms with E-state index in [1.54, 1.807) is 12.1 Å². The van der Waals surface area contributed by atoms with E-state index in [9.17, 15) is 13.5 Å². The van der Waals surface area contributed by atoms with E-state index in [2.05, 4.69) is 4.72 Å². The number of hydrogen-bond acceptors (Lipinski definition) is 4. The van der Waals surface area contributed by atoms with Crippen LogP contribution in [0.4, 0.5) is 5.69 Å². The van der Waals surface area contributed by atoms with Crippen LogP contribution in [-0.2, 0) is 16.6 Å². The molecule has 0 aliphatic heterocycles. The van der Waals surface area contributed by atoms with Crippen molar-refractivity contribution in [3.8, 4) is 5.75 Å². The van der Waals surface area contributed by atoms with Gasteiger partial charge >= 0.3 is 0 Å². The van der Waals surface area contributed by atoms with Crippen molar-refractivity contribution in [2.45, 2.75) is 11.4 Å². The van der Waals surface area contributed by atoms with Crippen molar-refractivity contribution in [1.29, 1.82) is 0 Å². The molecule has 0 aliphatic carbocycles. The molecule has 0 fully saturated rings. The number of nitrogen functional groups attached to an aromatic ring is 1. The lowest BCUT2D eigenvalue weighted by atomic mass is 10.0. The van der Waals surface area contributed by atoms with Crippen molar-refractivity contribution in [2.24, 2.45) is 0 Å². The number of hydrogen-bond donors (Lipinski definition) is 3. The van der Waals surface area contributed by atoms with Crippen LogP contribution in [0.2, 0.25) is 0 Å². The molecule has 0 saturated heterocycles. The maximum atomic E-state index is 12.3. The average molecular weight is 328 g/mol. The van der Waals surface area contributed by atoms with Crippen molar-refractivity contribution < 1.29 is 13.5 Å². The second kappa shape index (κ2) is 5.91. The summed E-state index contributed by atoms with van der Waals surface area (Å²) < 4.78 is 27.2. The molecule has 0 aliphatic rings. The number of phenolic OH excluding ortho intramolecular Hbond substituents is 1. The molecule has 0 amide bonds. The van der Waals surface area contributed by atoms with Crippen LogP contribution in [0.3, 0.4) is 0 Å². The van der Waals surface area contributed by atoms with Gasteiger partial charge in [-0.2, -0.15) is 0 Å². The third kappa shape index (κ3) is 3.13. The Morgan fingerprint density at radius 1 is 0.957 bits per heavy atom. The Kier molecular flexibility index (Phi) is 3.94. The fraction of sp³-hybridized carbons (Fsp3) is 0.0588. The quantitative estimate of drug-likeness (QED) is 0.642. The van der Waals surface area contributed by atoms with E-state index in [4.69, 9.17) is 5.73 Å². The largest absolute Gasteiger partial charge is 0.508 e. The minimum absolute atomic E-state index is 0.000103. The van der Waals surface area contributed by atoms with Gasteiger partial charge in [-0.25, -0.2) is 13.1 Å². The van der Waals surface area contributed by atoms with Crippen LogP contribution in [0.1, 0.15) is 5.56 Å². The van der Waals surface area contributed by atoms with Gasteiger partial charge in [-0.3, -0.25) is 0 Å². The highest BCUT2D eigenvalue weighted by molar-refractivity contribution is 7.89. The number of benzene rings is 3. The van der Waals surface area contributed by atoms with E-state index in [1.807, 2.05) is 24.3 Å². The monoisotopic (exact) mass is 328 g/mol. The summed E-state index contributed by atoms with van der Waals surface area (Å²) in [6, 6.07) is 16.8. The lowest BCUT2D eigenvalue weighted by Crippen LogP contribution is -2.23. The number of phenols is 1. The van der Waals surface area contributed by atoms with Crippen LogP contribution in [0.15, 0.2) is 65.6 Å². The predicted octanol–water partition coefficient (Wildman–Crippen LogP) is 2.61. The van der Waals surface area contributed by atoms with Gasteiger partial charge in [0.1, 0.15) is 5.75 Å². The van der Waals surface area contributed by atoms with Crippen LogP contribution in [0, 0.1) is 0 Å². The topological polar surface area (TPSA) is 92.4 Å². The average Bonchev–Trinajstić information content (AvgIpc) is 2.54. The molecule has 5 nitrogen and oxygen atoms in total. The molecule has 0 unspecified atom stereocenters. The lowest BCUT2D eigenvalue weighted by molar-refractivity contribution is 0.468. The van der Waals surface area contributed by atoms with Crippen LogP contribution in [0.25, 0.3) is 10.8 Å². The Bertz CT molecular complexity index is 951. The Morgan fingerprint density at radius 3 is 2.39 bits per heavy atom. The van der Waals surface area contributed by atoms with Crippen LogP contribution in [0.5, 0.6) is 5.75 Å². The molecule has 6 heteroatoms. The van der Waals surface area contributed by atoms with Gasteiger partial charge in [-0.1, -0.05) is 30.3 Å². The Morgan fingerprint density at radius 2 is 1.65 bits per heavy atom. The molecule has 3 rings (SSSR count). The van der Waals surface area contributed by atoms with Gasteiger partial charge in [0.05, 0.1) is 4.90 Å². The smallest absolute Gasteiger partial charge is 0.240 e. The van der Waals surface area contributed by atoms with Crippen molar-refractivity contribution in [3.63, 3.8) is 0 Å². The first-order valence-corrected chi connectivity index (χ1v) is 8.50. The molecule has 0 saturated carbocycles. The zero-order valence-corrected chi connectivity index (χ0v) is 13.0. The number of nitrogens with two attached hydrogens (primary N) is 1. The zero-order chi connectivity index (χ0) is 16.4. The molecular formula is C17H16N2O3S. The van der Waals surface area contributed by atoms with Crippen molar-refractivity contribution in [2.75, 3.05) is 5.73 Å². The van der Waals surface area contributed by atoms with Crippen molar-refractivity contribution >= 4 is 26.5 Å². The highest BCUT2D eigenvalue weighted by Crippen LogP contribution is 2.27. The fourth-order valence-electron chi connectivity index (χ4n) is 2.41. The Hall–Kier alpha value is -2.57. The highest BCUT2D eigenvalue weighted by Gasteiger charge is 2.15. The maximum Gasteiger partial charge on any atom is 0.240 e. The highest BCUT2D eigenvalue weighted by atomic mass is 32.2. The second-order valence-electron chi connectivity index (χ2n) is 5.18. The minimum Gasteiger partial charge on any atom is -0.508 e. The van der Waals surface area contributed by atoms with Gasteiger partial charge in [-0.05, 0) is 41.1 Å². The number of anilines is 1. The molecule has 0 heterocycles. The number of rotatable bonds is 4.